The van der Waals surface area contributed by atoms with E-state index in [4.69, 9.17) is 9.05 Å². The Balaban J connectivity index is 2.17. The fourth-order valence-electron chi connectivity index (χ4n) is 2.87. The first-order valence-electron chi connectivity index (χ1n) is 10.3. The Bertz CT molecular complexity index is 1040. The zero-order chi connectivity index (χ0) is 25.5. The summed E-state index contributed by atoms with van der Waals surface area (Å²) in [7, 11) is -6.91. The number of benzene rings is 2. The van der Waals surface area contributed by atoms with Gasteiger partial charge in [-0.15, -0.1) is 0 Å². The summed E-state index contributed by atoms with van der Waals surface area (Å²) < 4.78 is 37.4. The van der Waals surface area contributed by atoms with Crippen LogP contribution in [0.4, 0.5) is 0 Å². The summed E-state index contributed by atoms with van der Waals surface area (Å²) in [5.74, 6) is 0.819. The predicted octanol–water partition coefficient (Wildman–Crippen LogP) is 6.82. The van der Waals surface area contributed by atoms with Gasteiger partial charge in [0.25, 0.3) is 0 Å². The maximum atomic E-state index is 13.0. The van der Waals surface area contributed by atoms with Crippen LogP contribution in [0.15, 0.2) is 97.6 Å². The summed E-state index contributed by atoms with van der Waals surface area (Å²) in [5.41, 5.74) is 3.79. The van der Waals surface area contributed by atoms with Crippen molar-refractivity contribution < 1.29 is 18.2 Å². The molecule has 0 fully saturated rings. The van der Waals surface area contributed by atoms with Crippen LogP contribution >= 0.6 is 15.3 Å². The summed E-state index contributed by atoms with van der Waals surface area (Å²) >= 11 is 0. The van der Waals surface area contributed by atoms with Gasteiger partial charge in [0.1, 0.15) is 11.5 Å². The third-order valence-electron chi connectivity index (χ3n) is 3.86. The monoisotopic (exact) mass is 502 g/mol. The first-order valence-corrected chi connectivity index (χ1v) is 13.6. The normalized spacial score (nSPS) is 11.1. The second kappa shape index (κ2) is 11.2. The Labute approximate surface area is 202 Å². The molecule has 0 spiro atoms. The van der Waals surface area contributed by atoms with Gasteiger partial charge in [0.05, 0.1) is 0 Å². The largest absolute Gasteiger partial charge is 0.443 e. The highest BCUT2D eigenvalue weighted by atomic mass is 31.2. The lowest BCUT2D eigenvalue weighted by atomic mass is 10.1. The van der Waals surface area contributed by atoms with Crippen molar-refractivity contribution in [2.24, 2.45) is 0 Å². The van der Waals surface area contributed by atoms with Gasteiger partial charge < -0.3 is 9.05 Å². The minimum Gasteiger partial charge on any atom is -0.414 e. The number of rotatable bonds is 13. The number of nitrogens with one attached hydrogen (secondary N) is 4. The molecule has 0 saturated heterocycles. The van der Waals surface area contributed by atoms with Crippen LogP contribution < -0.4 is 29.4 Å². The molecule has 0 aliphatic carbocycles. The molecule has 0 bridgehead atoms. The van der Waals surface area contributed by atoms with Crippen molar-refractivity contribution in [2.75, 3.05) is 0 Å². The highest BCUT2D eigenvalue weighted by Crippen LogP contribution is 2.42. The second-order valence-corrected chi connectivity index (χ2v) is 11.4. The Morgan fingerprint density at radius 3 is 1.00 bits per heavy atom. The lowest BCUT2D eigenvalue weighted by Crippen LogP contribution is -2.23. The lowest BCUT2D eigenvalue weighted by molar-refractivity contribution is 0.462. The first-order chi connectivity index (χ1) is 15.8. The van der Waals surface area contributed by atoms with E-state index in [1.54, 1.807) is 52.0 Å². The van der Waals surface area contributed by atoms with Crippen molar-refractivity contribution in [3.05, 3.63) is 97.6 Å². The summed E-state index contributed by atoms with van der Waals surface area (Å²) in [5, 5.41) is 11.0. The molecule has 0 aromatic heterocycles. The number of allylic oxidation sites excluding steroid dienone is 4. The molecule has 4 N–H and O–H groups in total. The van der Waals surface area contributed by atoms with Gasteiger partial charge in [-0.05, 0) is 63.1 Å². The van der Waals surface area contributed by atoms with Crippen molar-refractivity contribution in [3.8, 4) is 22.6 Å². The zero-order valence-electron chi connectivity index (χ0n) is 20.0. The first kappa shape index (κ1) is 26.9. The van der Waals surface area contributed by atoms with Crippen LogP contribution in [0.3, 0.4) is 0 Å². The lowest BCUT2D eigenvalue weighted by Gasteiger charge is -2.23. The Morgan fingerprint density at radius 1 is 0.559 bits per heavy atom. The standard InChI is InChI=1S/C24H32N4O4P2/c1-17(2)25-33(29,26-18(3)4)31-23-13-9-21(10-14-23)22-11-15-24(16-12-22)32-34(30,27-19(5)6)28-20(7)8/h9-16H,1,3,5,7H2,2,4,6,8H3,(H2,25,26,29)(H2,27,28,30). The molecule has 0 amide bonds. The van der Waals surface area contributed by atoms with Gasteiger partial charge in [-0.2, -0.15) is 0 Å². The third-order valence-corrected chi connectivity index (χ3v) is 7.50. The number of hydrogen-bond donors (Lipinski definition) is 4. The Hall–Kier alpha value is -3.34. The summed E-state index contributed by atoms with van der Waals surface area (Å²) in [6.07, 6.45) is 0. The molecule has 8 nitrogen and oxygen atoms in total. The van der Waals surface area contributed by atoms with E-state index in [9.17, 15) is 9.13 Å². The molecule has 2 rings (SSSR count). The van der Waals surface area contributed by atoms with E-state index in [1.807, 2.05) is 24.3 Å². The maximum absolute atomic E-state index is 13.0. The van der Waals surface area contributed by atoms with E-state index >= 15 is 0 Å². The molecule has 182 valence electrons. The van der Waals surface area contributed by atoms with Gasteiger partial charge in [0, 0.05) is 22.8 Å². The molecule has 0 aliphatic heterocycles. The van der Waals surface area contributed by atoms with Gasteiger partial charge >= 0.3 is 15.3 Å². The second-order valence-electron chi connectivity index (χ2n) is 7.90. The molecule has 0 unspecified atom stereocenters. The van der Waals surface area contributed by atoms with E-state index in [1.165, 1.54) is 0 Å². The summed E-state index contributed by atoms with van der Waals surface area (Å²) in [6, 6.07) is 14.2. The maximum Gasteiger partial charge on any atom is 0.443 e. The molecular weight excluding hydrogens is 470 g/mol. The van der Waals surface area contributed by atoms with Crippen LogP contribution in [0.5, 0.6) is 11.5 Å². The van der Waals surface area contributed by atoms with Crippen molar-refractivity contribution in [1.82, 2.24) is 20.3 Å². The smallest absolute Gasteiger partial charge is 0.414 e. The average Bonchev–Trinajstić information content (AvgIpc) is 2.66. The molecule has 0 atom stereocenters. The quantitative estimate of drug-likeness (QED) is 0.221. The van der Waals surface area contributed by atoms with Crippen LogP contribution in [-0.4, -0.2) is 0 Å². The van der Waals surface area contributed by atoms with E-state index in [-0.39, 0.29) is 0 Å². The van der Waals surface area contributed by atoms with E-state index < -0.39 is 15.3 Å². The van der Waals surface area contributed by atoms with Crippen LogP contribution in [0.2, 0.25) is 0 Å². The van der Waals surface area contributed by atoms with Gasteiger partial charge in [-0.1, -0.05) is 50.6 Å². The van der Waals surface area contributed by atoms with Gasteiger partial charge in [0.15, 0.2) is 0 Å². The molecular formula is C24H32N4O4P2. The van der Waals surface area contributed by atoms with Crippen molar-refractivity contribution in [2.45, 2.75) is 27.7 Å². The zero-order valence-corrected chi connectivity index (χ0v) is 21.8. The molecule has 10 heteroatoms. The third kappa shape index (κ3) is 8.54. The molecule has 2 aromatic carbocycles. The summed E-state index contributed by atoms with van der Waals surface area (Å²) in [6.45, 7) is 21.6. The minimum absolute atomic E-state index is 0.409. The highest BCUT2D eigenvalue weighted by Gasteiger charge is 2.25. The van der Waals surface area contributed by atoms with Gasteiger partial charge in [-0.25, -0.2) is 9.13 Å². The van der Waals surface area contributed by atoms with Crippen LogP contribution in [0.25, 0.3) is 11.1 Å². The SMILES string of the molecule is C=C(C)NP(=O)(NC(=C)C)Oc1ccc(-c2ccc(OP(=O)(NC(=C)C)NC(=C)C)cc2)cc1. The minimum atomic E-state index is -3.45. The van der Waals surface area contributed by atoms with Crippen LogP contribution in [0.1, 0.15) is 27.7 Å². The summed E-state index contributed by atoms with van der Waals surface area (Å²) in [4.78, 5) is 0. The van der Waals surface area contributed by atoms with E-state index in [0.717, 1.165) is 11.1 Å². The average molecular weight is 502 g/mol. The van der Waals surface area contributed by atoms with Gasteiger partial charge in [-0.3, -0.25) is 20.3 Å². The molecule has 0 saturated carbocycles. The van der Waals surface area contributed by atoms with Crippen molar-refractivity contribution in [3.63, 3.8) is 0 Å². The fourth-order valence-corrected chi connectivity index (χ4v) is 6.01. The Morgan fingerprint density at radius 2 is 0.794 bits per heavy atom. The fraction of sp³-hybridized carbons (Fsp3) is 0.167. The Kier molecular flexibility index (Phi) is 8.86. The molecule has 2 aromatic rings. The van der Waals surface area contributed by atoms with Gasteiger partial charge in [0.2, 0.25) is 0 Å². The van der Waals surface area contributed by atoms with E-state index in [0.29, 0.717) is 34.3 Å². The highest BCUT2D eigenvalue weighted by molar-refractivity contribution is 7.55. The molecule has 0 heterocycles. The van der Waals surface area contributed by atoms with Crippen LogP contribution in [0, 0.1) is 0 Å². The number of hydrogen-bond acceptors (Lipinski definition) is 4. The topological polar surface area (TPSA) is 101 Å². The van der Waals surface area contributed by atoms with Crippen molar-refractivity contribution in [1.29, 1.82) is 0 Å². The predicted molar refractivity (Wildman–Crippen MR) is 140 cm³/mol. The molecule has 0 radical (unpaired) electrons. The van der Waals surface area contributed by atoms with E-state index in [2.05, 4.69) is 46.7 Å². The molecule has 0 aliphatic rings. The molecule has 34 heavy (non-hydrogen) atoms. The van der Waals surface area contributed by atoms with Crippen LogP contribution in [-0.2, 0) is 9.13 Å². The van der Waals surface area contributed by atoms with Crippen molar-refractivity contribution >= 4 is 15.3 Å².